The van der Waals surface area contributed by atoms with Crippen LogP contribution in [0.1, 0.15) is 15.9 Å². The summed E-state index contributed by atoms with van der Waals surface area (Å²) in [5.41, 5.74) is 4.08. The zero-order chi connectivity index (χ0) is 18.4. The van der Waals surface area contributed by atoms with Crippen molar-refractivity contribution in [2.24, 2.45) is 0 Å². The summed E-state index contributed by atoms with van der Waals surface area (Å²) in [5, 5.41) is 11.4. The van der Waals surface area contributed by atoms with Crippen LogP contribution in [0.3, 0.4) is 0 Å². The number of amides is 2. The predicted octanol–water partition coefficient (Wildman–Crippen LogP) is 2.85. The first-order valence-electron chi connectivity index (χ1n) is 7.80. The molecule has 4 N–H and O–H groups in total. The zero-order valence-corrected chi connectivity index (χ0v) is 13.6. The number of carbonyl (C=O) groups is 2. The van der Waals surface area contributed by atoms with Gasteiger partial charge in [0.25, 0.3) is 11.8 Å². The monoisotopic (exact) mass is 348 g/mol. The molecule has 3 aromatic rings. The molecular weight excluding hydrogens is 332 g/mol. The van der Waals surface area contributed by atoms with Crippen molar-refractivity contribution in [3.63, 3.8) is 0 Å². The SMILES string of the molecule is O=C(/C=C/c1ccccc1NC(=O)c1ccc(-c2ncc[nH]2)cc1)NO. The van der Waals surface area contributed by atoms with Crippen LogP contribution in [0, 0.1) is 0 Å². The molecule has 7 nitrogen and oxygen atoms in total. The molecule has 0 saturated heterocycles. The van der Waals surface area contributed by atoms with Crippen LogP contribution in [-0.2, 0) is 4.79 Å². The summed E-state index contributed by atoms with van der Waals surface area (Å²) in [4.78, 5) is 30.8. The van der Waals surface area contributed by atoms with Gasteiger partial charge in [0, 0.05) is 35.3 Å². The molecule has 1 aromatic heterocycles. The molecule has 7 heteroatoms. The molecule has 0 spiro atoms. The van der Waals surface area contributed by atoms with E-state index in [-0.39, 0.29) is 5.91 Å². The van der Waals surface area contributed by atoms with Gasteiger partial charge in [-0.1, -0.05) is 30.3 Å². The molecule has 0 aliphatic heterocycles. The third kappa shape index (κ3) is 4.03. The lowest BCUT2D eigenvalue weighted by Crippen LogP contribution is -2.15. The van der Waals surface area contributed by atoms with Gasteiger partial charge < -0.3 is 10.3 Å². The van der Waals surface area contributed by atoms with Gasteiger partial charge in [0.2, 0.25) is 0 Å². The van der Waals surface area contributed by atoms with Crippen LogP contribution in [-0.4, -0.2) is 27.0 Å². The van der Waals surface area contributed by atoms with E-state index >= 15 is 0 Å². The van der Waals surface area contributed by atoms with Crippen molar-refractivity contribution in [1.29, 1.82) is 0 Å². The van der Waals surface area contributed by atoms with Gasteiger partial charge in [-0.3, -0.25) is 14.8 Å². The van der Waals surface area contributed by atoms with Crippen LogP contribution in [0.2, 0.25) is 0 Å². The number of hydrogen-bond donors (Lipinski definition) is 4. The van der Waals surface area contributed by atoms with Crippen LogP contribution in [0.25, 0.3) is 17.5 Å². The van der Waals surface area contributed by atoms with E-state index in [1.165, 1.54) is 17.6 Å². The minimum Gasteiger partial charge on any atom is -0.345 e. The highest BCUT2D eigenvalue weighted by atomic mass is 16.5. The minimum absolute atomic E-state index is 0.275. The number of aromatic nitrogens is 2. The molecule has 2 amide bonds. The number of hydroxylamine groups is 1. The van der Waals surface area contributed by atoms with Gasteiger partial charge >= 0.3 is 0 Å². The number of nitrogens with zero attached hydrogens (tertiary/aromatic N) is 1. The highest BCUT2D eigenvalue weighted by molar-refractivity contribution is 6.05. The maximum atomic E-state index is 12.5. The van der Waals surface area contributed by atoms with Crippen molar-refractivity contribution in [2.45, 2.75) is 0 Å². The van der Waals surface area contributed by atoms with E-state index < -0.39 is 5.91 Å². The topological polar surface area (TPSA) is 107 Å². The summed E-state index contributed by atoms with van der Waals surface area (Å²) in [6.45, 7) is 0. The molecule has 26 heavy (non-hydrogen) atoms. The van der Waals surface area contributed by atoms with Crippen LogP contribution in [0.5, 0.6) is 0 Å². The van der Waals surface area contributed by atoms with E-state index in [0.29, 0.717) is 16.8 Å². The van der Waals surface area contributed by atoms with Crippen molar-refractivity contribution < 1.29 is 14.8 Å². The first-order chi connectivity index (χ1) is 12.7. The zero-order valence-electron chi connectivity index (χ0n) is 13.6. The average Bonchev–Trinajstić information content (AvgIpc) is 3.22. The number of H-pyrrole nitrogens is 1. The number of carbonyl (C=O) groups excluding carboxylic acids is 2. The van der Waals surface area contributed by atoms with Gasteiger partial charge in [-0.2, -0.15) is 0 Å². The highest BCUT2D eigenvalue weighted by Gasteiger charge is 2.09. The summed E-state index contributed by atoms with van der Waals surface area (Å²) < 4.78 is 0. The maximum absolute atomic E-state index is 12.5. The van der Waals surface area contributed by atoms with E-state index in [1.807, 2.05) is 12.1 Å². The second kappa shape index (κ2) is 7.91. The molecule has 0 radical (unpaired) electrons. The summed E-state index contributed by atoms with van der Waals surface area (Å²) in [6, 6.07) is 14.1. The van der Waals surface area contributed by atoms with Crippen LogP contribution in [0.15, 0.2) is 67.0 Å². The lowest BCUT2D eigenvalue weighted by atomic mass is 10.1. The first kappa shape index (κ1) is 17.1. The molecule has 1 heterocycles. The van der Waals surface area contributed by atoms with E-state index in [1.54, 1.807) is 48.8 Å². The lowest BCUT2D eigenvalue weighted by Gasteiger charge is -2.09. The van der Waals surface area contributed by atoms with Crippen molar-refractivity contribution >= 4 is 23.6 Å². The van der Waals surface area contributed by atoms with Crippen molar-refractivity contribution in [3.05, 3.63) is 78.1 Å². The van der Waals surface area contributed by atoms with Crippen LogP contribution in [0.4, 0.5) is 5.69 Å². The summed E-state index contributed by atoms with van der Waals surface area (Å²) >= 11 is 0. The molecule has 3 rings (SSSR count). The molecule has 0 atom stereocenters. The Morgan fingerprint density at radius 1 is 1.08 bits per heavy atom. The van der Waals surface area contributed by atoms with Gasteiger partial charge in [0.15, 0.2) is 0 Å². The average molecular weight is 348 g/mol. The Labute approximate surface area is 149 Å². The van der Waals surface area contributed by atoms with E-state index in [9.17, 15) is 9.59 Å². The smallest absolute Gasteiger partial charge is 0.267 e. The number of para-hydroxylation sites is 1. The molecule has 2 aromatic carbocycles. The normalized spacial score (nSPS) is 10.7. The lowest BCUT2D eigenvalue weighted by molar-refractivity contribution is -0.124. The number of benzene rings is 2. The van der Waals surface area contributed by atoms with E-state index in [4.69, 9.17) is 5.21 Å². The molecule has 0 aliphatic carbocycles. The number of nitrogens with one attached hydrogen (secondary N) is 3. The van der Waals surface area contributed by atoms with Gasteiger partial charge in [-0.25, -0.2) is 10.5 Å². The van der Waals surface area contributed by atoms with Crippen molar-refractivity contribution in [3.8, 4) is 11.4 Å². The second-order valence-electron chi connectivity index (χ2n) is 5.37. The molecule has 0 fully saturated rings. The number of rotatable bonds is 5. The fraction of sp³-hybridized carbons (Fsp3) is 0. The van der Waals surface area contributed by atoms with Gasteiger partial charge in [-0.05, 0) is 29.8 Å². The van der Waals surface area contributed by atoms with Gasteiger partial charge in [-0.15, -0.1) is 0 Å². The third-order valence-corrected chi connectivity index (χ3v) is 3.65. The first-order valence-corrected chi connectivity index (χ1v) is 7.80. The Kier molecular flexibility index (Phi) is 5.21. The molecular formula is C19H16N4O3. The maximum Gasteiger partial charge on any atom is 0.267 e. The summed E-state index contributed by atoms with van der Waals surface area (Å²) in [6.07, 6.45) is 6.07. The Bertz CT molecular complexity index is 932. The summed E-state index contributed by atoms with van der Waals surface area (Å²) in [7, 11) is 0. The predicted molar refractivity (Wildman–Crippen MR) is 97.4 cm³/mol. The Morgan fingerprint density at radius 2 is 1.85 bits per heavy atom. The Balaban J connectivity index is 1.76. The van der Waals surface area contributed by atoms with Gasteiger partial charge in [0.1, 0.15) is 5.82 Å². The quantitative estimate of drug-likeness (QED) is 0.323. The fourth-order valence-electron chi connectivity index (χ4n) is 2.36. The number of anilines is 1. The number of aromatic amines is 1. The minimum atomic E-state index is -0.653. The molecule has 130 valence electrons. The second-order valence-corrected chi connectivity index (χ2v) is 5.37. The largest absolute Gasteiger partial charge is 0.345 e. The Morgan fingerprint density at radius 3 is 2.54 bits per heavy atom. The number of imidazole rings is 1. The number of hydrogen-bond acceptors (Lipinski definition) is 4. The highest BCUT2D eigenvalue weighted by Crippen LogP contribution is 2.19. The molecule has 0 unspecified atom stereocenters. The van der Waals surface area contributed by atoms with E-state index in [0.717, 1.165) is 11.4 Å². The standard InChI is InChI=1S/C19H16N4O3/c24-17(23-26)10-9-13-3-1-2-4-16(13)22-19(25)15-7-5-14(6-8-15)18-20-11-12-21-18/h1-12,26H,(H,20,21)(H,22,25)(H,23,24)/b10-9+. The molecule has 0 bridgehead atoms. The van der Waals surface area contributed by atoms with Crippen LogP contribution >= 0.6 is 0 Å². The van der Waals surface area contributed by atoms with Crippen LogP contribution < -0.4 is 10.8 Å². The molecule has 0 aliphatic rings. The summed E-state index contributed by atoms with van der Waals surface area (Å²) in [5.74, 6) is -0.197. The molecule has 0 saturated carbocycles. The van der Waals surface area contributed by atoms with E-state index in [2.05, 4.69) is 15.3 Å². The fourth-order valence-corrected chi connectivity index (χ4v) is 2.36. The Hall–Kier alpha value is -3.71. The van der Waals surface area contributed by atoms with Gasteiger partial charge in [0.05, 0.1) is 0 Å². The third-order valence-electron chi connectivity index (χ3n) is 3.65. The van der Waals surface area contributed by atoms with Crippen molar-refractivity contribution in [1.82, 2.24) is 15.4 Å². The van der Waals surface area contributed by atoms with Crippen molar-refractivity contribution in [2.75, 3.05) is 5.32 Å².